The molecule has 5 rings (SSSR count). The Kier molecular flexibility index (Phi) is 4.36. The van der Waals surface area contributed by atoms with E-state index in [1.165, 1.54) is 6.20 Å². The van der Waals surface area contributed by atoms with Gasteiger partial charge in [0, 0.05) is 23.8 Å². The molecule has 3 heterocycles. The van der Waals surface area contributed by atoms with E-state index >= 15 is 0 Å². The van der Waals surface area contributed by atoms with E-state index in [0.29, 0.717) is 28.8 Å². The zero-order valence-electron chi connectivity index (χ0n) is 15.4. The average molecular weight is 424 g/mol. The fourth-order valence-corrected chi connectivity index (χ4v) is 3.39. The topological polar surface area (TPSA) is 111 Å². The van der Waals surface area contributed by atoms with Crippen LogP contribution in [0, 0.1) is 0 Å². The number of ether oxygens (including phenoxy) is 2. The van der Waals surface area contributed by atoms with Gasteiger partial charge in [-0.2, -0.15) is 4.98 Å². The van der Waals surface area contributed by atoms with Crippen molar-refractivity contribution in [1.82, 2.24) is 19.5 Å². The minimum atomic E-state index is -0.620. The fourth-order valence-electron chi connectivity index (χ4n) is 3.18. The molecule has 2 N–H and O–H groups in total. The number of aromatic amines is 1. The second kappa shape index (κ2) is 7.20. The van der Waals surface area contributed by atoms with Crippen molar-refractivity contribution < 1.29 is 9.47 Å². The summed E-state index contributed by atoms with van der Waals surface area (Å²) in [7, 11) is 0. The van der Waals surface area contributed by atoms with Gasteiger partial charge >= 0.3 is 5.69 Å². The van der Waals surface area contributed by atoms with Crippen molar-refractivity contribution in [2.75, 3.05) is 12.1 Å². The number of nitrogens with one attached hydrogen (secondary N) is 2. The zero-order chi connectivity index (χ0) is 20.7. The predicted molar refractivity (Wildman–Crippen MR) is 111 cm³/mol. The minimum Gasteiger partial charge on any atom is -0.454 e. The van der Waals surface area contributed by atoms with Crippen LogP contribution < -0.4 is 26.0 Å². The molecule has 0 saturated carbocycles. The summed E-state index contributed by atoms with van der Waals surface area (Å²) in [6.45, 7) is 0.533. The molecule has 0 aliphatic carbocycles. The molecule has 10 heteroatoms. The second-order valence-corrected chi connectivity index (χ2v) is 6.98. The van der Waals surface area contributed by atoms with Crippen molar-refractivity contribution in [2.45, 2.75) is 6.54 Å². The van der Waals surface area contributed by atoms with Gasteiger partial charge in [-0.05, 0) is 29.8 Å². The summed E-state index contributed by atoms with van der Waals surface area (Å²) in [6.07, 6.45) is 1.38. The van der Waals surface area contributed by atoms with Crippen molar-refractivity contribution in [2.24, 2.45) is 0 Å². The minimum absolute atomic E-state index is 0.0978. The maximum atomic E-state index is 12.9. The Hall–Kier alpha value is -3.85. The van der Waals surface area contributed by atoms with Gasteiger partial charge in [0.05, 0.1) is 5.69 Å². The van der Waals surface area contributed by atoms with Crippen LogP contribution in [0.3, 0.4) is 0 Å². The van der Waals surface area contributed by atoms with Crippen molar-refractivity contribution in [3.63, 3.8) is 0 Å². The van der Waals surface area contributed by atoms with Crippen LogP contribution in [-0.4, -0.2) is 26.3 Å². The number of benzene rings is 2. The number of rotatable bonds is 4. The summed E-state index contributed by atoms with van der Waals surface area (Å²) < 4.78 is 11.6. The molecule has 0 fully saturated rings. The highest BCUT2D eigenvalue weighted by Crippen LogP contribution is 2.33. The molecule has 150 valence electrons. The van der Waals surface area contributed by atoms with Gasteiger partial charge in [-0.15, -0.1) is 0 Å². The van der Waals surface area contributed by atoms with Crippen LogP contribution in [0.5, 0.6) is 11.5 Å². The smallest absolute Gasteiger partial charge is 0.334 e. The number of nitrogens with zero attached hydrogens (tertiary/aromatic N) is 3. The van der Waals surface area contributed by atoms with E-state index in [0.717, 1.165) is 10.1 Å². The van der Waals surface area contributed by atoms with E-state index < -0.39 is 11.2 Å². The number of H-pyrrole nitrogens is 1. The van der Waals surface area contributed by atoms with Crippen molar-refractivity contribution >= 4 is 28.6 Å². The molecule has 0 saturated heterocycles. The molecule has 0 radical (unpaired) electrons. The molecule has 9 nitrogen and oxygen atoms in total. The van der Waals surface area contributed by atoms with E-state index in [2.05, 4.69) is 20.3 Å². The first-order chi connectivity index (χ1) is 14.6. The van der Waals surface area contributed by atoms with E-state index in [4.69, 9.17) is 21.1 Å². The van der Waals surface area contributed by atoms with Crippen LogP contribution in [0.4, 0.5) is 5.95 Å². The third kappa shape index (κ3) is 3.25. The summed E-state index contributed by atoms with van der Waals surface area (Å²) in [4.78, 5) is 36.6. The molecule has 2 aromatic carbocycles. The molecular weight excluding hydrogens is 410 g/mol. The molecule has 4 aromatic rings. The Morgan fingerprint density at radius 3 is 2.87 bits per heavy atom. The monoisotopic (exact) mass is 423 g/mol. The number of hydrogen-bond acceptors (Lipinski definition) is 7. The molecule has 0 atom stereocenters. The summed E-state index contributed by atoms with van der Waals surface area (Å²) in [5.41, 5.74) is 0.291. The fraction of sp³-hybridized carbons (Fsp3) is 0.100. The van der Waals surface area contributed by atoms with Crippen LogP contribution in [0.1, 0.15) is 5.56 Å². The van der Waals surface area contributed by atoms with E-state index in [9.17, 15) is 9.59 Å². The number of fused-ring (bicyclic) bond motifs is 2. The molecule has 0 bridgehead atoms. The normalized spacial score (nSPS) is 12.3. The largest absolute Gasteiger partial charge is 0.454 e. The Morgan fingerprint density at radius 2 is 2.00 bits per heavy atom. The van der Waals surface area contributed by atoms with Gasteiger partial charge in [0.15, 0.2) is 17.1 Å². The lowest BCUT2D eigenvalue weighted by Crippen LogP contribution is -2.34. The van der Waals surface area contributed by atoms with E-state index in [-0.39, 0.29) is 23.8 Å². The molecule has 1 aliphatic heterocycles. The molecule has 30 heavy (non-hydrogen) atoms. The lowest BCUT2D eigenvalue weighted by molar-refractivity contribution is 0.174. The first-order valence-corrected chi connectivity index (χ1v) is 9.37. The lowest BCUT2D eigenvalue weighted by atomic mass is 10.2. The van der Waals surface area contributed by atoms with Crippen molar-refractivity contribution in [1.29, 1.82) is 0 Å². The molecule has 0 unspecified atom stereocenters. The van der Waals surface area contributed by atoms with E-state index in [1.54, 1.807) is 24.3 Å². The third-order valence-corrected chi connectivity index (χ3v) is 4.84. The highest BCUT2D eigenvalue weighted by molar-refractivity contribution is 6.30. The number of aromatic nitrogens is 4. The lowest BCUT2D eigenvalue weighted by Gasteiger charge is -2.09. The Morgan fingerprint density at radius 1 is 1.13 bits per heavy atom. The van der Waals surface area contributed by atoms with Crippen LogP contribution >= 0.6 is 11.6 Å². The number of halogens is 1. The molecule has 1 aliphatic rings. The summed E-state index contributed by atoms with van der Waals surface area (Å²) in [5.74, 6) is 1.30. The SMILES string of the molecule is O=c1[nH]c2nc(NCc3cccc(Cl)c3)ncc2c(=O)n1-c1ccc2c(c1)OCO2. The van der Waals surface area contributed by atoms with Crippen LogP contribution in [0.2, 0.25) is 5.02 Å². The van der Waals surface area contributed by atoms with Crippen molar-refractivity contribution in [3.8, 4) is 17.2 Å². The zero-order valence-corrected chi connectivity index (χ0v) is 16.1. The number of anilines is 1. The maximum absolute atomic E-state index is 12.9. The first-order valence-electron chi connectivity index (χ1n) is 8.99. The van der Waals surface area contributed by atoms with Gasteiger partial charge in [-0.25, -0.2) is 14.3 Å². The Bertz CT molecular complexity index is 1400. The second-order valence-electron chi connectivity index (χ2n) is 6.55. The van der Waals surface area contributed by atoms with Crippen LogP contribution in [0.15, 0.2) is 58.3 Å². The van der Waals surface area contributed by atoms with Gasteiger partial charge in [0.1, 0.15) is 5.39 Å². The van der Waals surface area contributed by atoms with Crippen LogP contribution in [0.25, 0.3) is 16.7 Å². The summed E-state index contributed by atoms with van der Waals surface area (Å²) in [6, 6.07) is 12.2. The first kappa shape index (κ1) is 18.2. The standard InChI is InChI=1S/C20H14ClN5O4/c21-12-3-1-2-11(6-12)8-22-19-23-9-14-17(24-19)25-20(28)26(18(14)27)13-4-5-15-16(7-13)30-10-29-15/h1-7,9H,8,10H2,(H2,22,23,24,25,28). The molecular formula is C20H14ClN5O4. The molecule has 2 aromatic heterocycles. The molecule has 0 amide bonds. The molecule has 0 spiro atoms. The predicted octanol–water partition coefficient (Wildman–Crippen LogP) is 2.46. The van der Waals surface area contributed by atoms with Gasteiger partial charge in [-0.1, -0.05) is 23.7 Å². The van der Waals surface area contributed by atoms with E-state index in [1.807, 2.05) is 18.2 Å². The Balaban J connectivity index is 1.50. The van der Waals surface area contributed by atoms with Crippen LogP contribution in [-0.2, 0) is 6.54 Å². The third-order valence-electron chi connectivity index (χ3n) is 4.60. The Labute approximate surface area is 173 Å². The van der Waals surface area contributed by atoms with Gasteiger partial charge in [0.25, 0.3) is 5.56 Å². The highest BCUT2D eigenvalue weighted by atomic mass is 35.5. The van der Waals surface area contributed by atoms with Gasteiger partial charge in [0.2, 0.25) is 12.7 Å². The van der Waals surface area contributed by atoms with Gasteiger partial charge in [-0.3, -0.25) is 9.78 Å². The summed E-state index contributed by atoms with van der Waals surface area (Å²) >= 11 is 5.99. The number of hydrogen-bond donors (Lipinski definition) is 2. The quantitative estimate of drug-likeness (QED) is 0.518. The van der Waals surface area contributed by atoms with Crippen molar-refractivity contribution in [3.05, 3.63) is 80.1 Å². The van der Waals surface area contributed by atoms with Gasteiger partial charge < -0.3 is 14.8 Å². The summed E-state index contributed by atoms with van der Waals surface area (Å²) in [5, 5.41) is 3.86. The average Bonchev–Trinajstić information content (AvgIpc) is 3.20. The highest BCUT2D eigenvalue weighted by Gasteiger charge is 2.17. The maximum Gasteiger partial charge on any atom is 0.334 e.